The average molecular weight is 231 g/mol. The molecule has 0 aliphatic heterocycles. The molecular weight excluding hydrogens is 218 g/mol. The van der Waals surface area contributed by atoms with Crippen LogP contribution < -0.4 is 0 Å². The van der Waals surface area contributed by atoms with E-state index < -0.39 is 0 Å². The van der Waals surface area contributed by atoms with E-state index in [4.69, 9.17) is 0 Å². The van der Waals surface area contributed by atoms with Gasteiger partial charge in [-0.3, -0.25) is 4.79 Å². The van der Waals surface area contributed by atoms with Gasteiger partial charge in [-0.15, -0.1) is 11.3 Å². The van der Waals surface area contributed by atoms with Crippen LogP contribution in [0.3, 0.4) is 0 Å². The van der Waals surface area contributed by atoms with Gasteiger partial charge in [-0.2, -0.15) is 0 Å². The Morgan fingerprint density at radius 1 is 1.25 bits per heavy atom. The van der Waals surface area contributed by atoms with Crippen molar-refractivity contribution in [3.05, 3.63) is 51.0 Å². The van der Waals surface area contributed by atoms with Gasteiger partial charge < -0.3 is 0 Å². The zero-order chi connectivity index (χ0) is 11.7. The van der Waals surface area contributed by atoms with E-state index in [1.807, 2.05) is 39.0 Å². The van der Waals surface area contributed by atoms with Gasteiger partial charge in [-0.1, -0.05) is 23.8 Å². The van der Waals surface area contributed by atoms with Gasteiger partial charge in [0.1, 0.15) is 0 Å². The van der Waals surface area contributed by atoms with Crippen molar-refractivity contribution in [2.45, 2.75) is 20.8 Å². The number of carbonyl (C=O) groups is 1. The summed E-state index contributed by atoms with van der Waals surface area (Å²) in [7, 11) is 0. The van der Waals surface area contributed by atoms with Crippen molar-refractivity contribution in [3.63, 3.8) is 0 Å². The standard InChI is InChI=1S/C13H13NOS/c1-8-4-5-11(9(2)6-8)12(15)13-10(3)14-7-16-13/h4-7H,1-3H3. The molecule has 0 radical (unpaired) electrons. The molecule has 0 amide bonds. The van der Waals surface area contributed by atoms with E-state index in [1.54, 1.807) is 5.51 Å². The molecular formula is C13H13NOS. The van der Waals surface area contributed by atoms with Gasteiger partial charge in [0, 0.05) is 5.56 Å². The summed E-state index contributed by atoms with van der Waals surface area (Å²) < 4.78 is 0. The highest BCUT2D eigenvalue weighted by Crippen LogP contribution is 2.20. The molecule has 0 fully saturated rings. The van der Waals surface area contributed by atoms with Crippen molar-refractivity contribution < 1.29 is 4.79 Å². The van der Waals surface area contributed by atoms with E-state index >= 15 is 0 Å². The van der Waals surface area contributed by atoms with Crippen molar-refractivity contribution in [1.82, 2.24) is 4.98 Å². The number of rotatable bonds is 2. The van der Waals surface area contributed by atoms with Crippen LogP contribution in [-0.2, 0) is 0 Å². The minimum Gasteiger partial charge on any atom is -0.288 e. The minimum atomic E-state index is 0.0810. The fourth-order valence-corrected chi connectivity index (χ4v) is 2.47. The van der Waals surface area contributed by atoms with E-state index in [2.05, 4.69) is 4.98 Å². The van der Waals surface area contributed by atoms with Gasteiger partial charge in [0.25, 0.3) is 0 Å². The monoisotopic (exact) mass is 231 g/mol. The Hall–Kier alpha value is -1.48. The van der Waals surface area contributed by atoms with Gasteiger partial charge in [0.05, 0.1) is 16.1 Å². The Bertz CT molecular complexity index is 543. The predicted molar refractivity (Wildman–Crippen MR) is 66.2 cm³/mol. The molecule has 1 heterocycles. The third-order valence-corrected chi connectivity index (χ3v) is 3.51. The first-order valence-electron chi connectivity index (χ1n) is 5.11. The van der Waals surface area contributed by atoms with Crippen molar-refractivity contribution in [3.8, 4) is 0 Å². The summed E-state index contributed by atoms with van der Waals surface area (Å²) in [6, 6.07) is 5.90. The Kier molecular flexibility index (Phi) is 2.88. The number of hydrogen-bond donors (Lipinski definition) is 0. The molecule has 3 heteroatoms. The minimum absolute atomic E-state index is 0.0810. The van der Waals surface area contributed by atoms with Crippen molar-refractivity contribution in [2.75, 3.05) is 0 Å². The van der Waals surface area contributed by atoms with Crippen LogP contribution in [0.5, 0.6) is 0 Å². The molecule has 16 heavy (non-hydrogen) atoms. The molecule has 0 unspecified atom stereocenters. The first-order valence-corrected chi connectivity index (χ1v) is 5.99. The van der Waals surface area contributed by atoms with Crippen molar-refractivity contribution in [2.24, 2.45) is 0 Å². The molecule has 82 valence electrons. The summed E-state index contributed by atoms with van der Waals surface area (Å²) >= 11 is 1.40. The molecule has 0 saturated carbocycles. The molecule has 0 aliphatic rings. The first kappa shape index (κ1) is 11.0. The quantitative estimate of drug-likeness (QED) is 0.742. The topological polar surface area (TPSA) is 30.0 Å². The van der Waals surface area contributed by atoms with Crippen LogP contribution in [0.2, 0.25) is 0 Å². The zero-order valence-electron chi connectivity index (χ0n) is 9.57. The molecule has 2 aromatic rings. The van der Waals surface area contributed by atoms with Gasteiger partial charge in [-0.05, 0) is 26.3 Å². The fraction of sp³-hybridized carbons (Fsp3) is 0.231. The summed E-state index contributed by atoms with van der Waals surface area (Å²) in [5.74, 6) is 0.0810. The lowest BCUT2D eigenvalue weighted by Gasteiger charge is -2.04. The lowest BCUT2D eigenvalue weighted by Crippen LogP contribution is -2.03. The highest BCUT2D eigenvalue weighted by Gasteiger charge is 2.15. The van der Waals surface area contributed by atoms with Crippen LogP contribution in [0, 0.1) is 20.8 Å². The van der Waals surface area contributed by atoms with E-state index in [-0.39, 0.29) is 5.78 Å². The second-order valence-corrected chi connectivity index (χ2v) is 4.77. The van der Waals surface area contributed by atoms with E-state index in [0.717, 1.165) is 21.7 Å². The molecule has 0 spiro atoms. The number of thiazole rings is 1. The average Bonchev–Trinajstić information content (AvgIpc) is 2.63. The highest BCUT2D eigenvalue weighted by atomic mass is 32.1. The fourth-order valence-electron chi connectivity index (χ4n) is 1.71. The van der Waals surface area contributed by atoms with Crippen LogP contribution in [0.25, 0.3) is 0 Å². The van der Waals surface area contributed by atoms with Crippen molar-refractivity contribution >= 4 is 17.1 Å². The smallest absolute Gasteiger partial charge is 0.205 e. The summed E-state index contributed by atoms with van der Waals surface area (Å²) in [4.78, 5) is 17.1. The van der Waals surface area contributed by atoms with E-state index in [1.165, 1.54) is 16.9 Å². The Morgan fingerprint density at radius 2 is 2.00 bits per heavy atom. The molecule has 2 rings (SSSR count). The molecule has 0 bridgehead atoms. The number of hydrogen-bond acceptors (Lipinski definition) is 3. The van der Waals surface area contributed by atoms with Gasteiger partial charge >= 0.3 is 0 Å². The maximum atomic E-state index is 12.2. The summed E-state index contributed by atoms with van der Waals surface area (Å²) in [5.41, 5.74) is 5.51. The number of aromatic nitrogens is 1. The molecule has 0 N–H and O–H groups in total. The van der Waals surface area contributed by atoms with Gasteiger partial charge in [-0.25, -0.2) is 4.98 Å². The second-order valence-electron chi connectivity index (χ2n) is 3.91. The summed E-state index contributed by atoms with van der Waals surface area (Å²) in [6.07, 6.45) is 0. The Morgan fingerprint density at radius 3 is 2.56 bits per heavy atom. The third kappa shape index (κ3) is 1.91. The molecule has 1 aromatic heterocycles. The summed E-state index contributed by atoms with van der Waals surface area (Å²) in [5, 5.41) is 0. The van der Waals surface area contributed by atoms with Crippen LogP contribution in [0.15, 0.2) is 23.7 Å². The number of benzene rings is 1. The maximum Gasteiger partial charge on any atom is 0.205 e. The first-order chi connectivity index (χ1) is 7.59. The van der Waals surface area contributed by atoms with Crippen LogP contribution in [-0.4, -0.2) is 10.8 Å². The normalized spacial score (nSPS) is 10.4. The van der Waals surface area contributed by atoms with E-state index in [9.17, 15) is 4.79 Å². The molecule has 2 nitrogen and oxygen atoms in total. The van der Waals surface area contributed by atoms with Crippen LogP contribution in [0.4, 0.5) is 0 Å². The number of nitrogens with zero attached hydrogens (tertiary/aromatic N) is 1. The molecule has 1 aromatic carbocycles. The molecule has 0 aliphatic carbocycles. The lowest BCUT2D eigenvalue weighted by molar-refractivity contribution is 0.104. The predicted octanol–water partition coefficient (Wildman–Crippen LogP) is 3.30. The second kappa shape index (κ2) is 4.18. The van der Waals surface area contributed by atoms with E-state index in [0.29, 0.717) is 0 Å². The Labute approximate surface area is 99.0 Å². The number of ketones is 1. The zero-order valence-corrected chi connectivity index (χ0v) is 10.4. The summed E-state index contributed by atoms with van der Waals surface area (Å²) in [6.45, 7) is 5.86. The highest BCUT2D eigenvalue weighted by molar-refractivity contribution is 7.12. The molecule has 0 atom stereocenters. The van der Waals surface area contributed by atoms with Gasteiger partial charge in [0.2, 0.25) is 5.78 Å². The Balaban J connectivity index is 2.46. The lowest BCUT2D eigenvalue weighted by atomic mass is 10.0. The SMILES string of the molecule is Cc1ccc(C(=O)c2scnc2C)c(C)c1. The largest absolute Gasteiger partial charge is 0.288 e. The maximum absolute atomic E-state index is 12.2. The third-order valence-electron chi connectivity index (χ3n) is 2.58. The van der Waals surface area contributed by atoms with Crippen LogP contribution >= 0.6 is 11.3 Å². The number of carbonyl (C=O) groups excluding carboxylic acids is 1. The van der Waals surface area contributed by atoms with Crippen LogP contribution in [0.1, 0.15) is 32.1 Å². The molecule has 0 saturated heterocycles. The van der Waals surface area contributed by atoms with Crippen molar-refractivity contribution in [1.29, 1.82) is 0 Å². The number of aryl methyl sites for hydroxylation is 3. The van der Waals surface area contributed by atoms with Gasteiger partial charge in [0.15, 0.2) is 0 Å².